The van der Waals surface area contributed by atoms with Crippen LogP contribution in [0.25, 0.3) is 22.4 Å². The predicted molar refractivity (Wildman–Crippen MR) is 109 cm³/mol. The average molecular weight is 404 g/mol. The molecule has 4 heterocycles. The van der Waals surface area contributed by atoms with Crippen molar-refractivity contribution in [3.05, 3.63) is 64.0 Å². The van der Waals surface area contributed by atoms with Gasteiger partial charge in [0.2, 0.25) is 0 Å². The number of nitrogens with zero attached hydrogens (tertiary/aromatic N) is 6. The number of rotatable bonds is 2. The molecule has 4 aromatic rings. The third kappa shape index (κ3) is 2.90. The molecule has 0 unspecified atom stereocenters. The van der Waals surface area contributed by atoms with Gasteiger partial charge in [0.15, 0.2) is 22.8 Å². The molecule has 1 aliphatic heterocycles. The number of carbonyl (C=O) groups excluding carboxylic acids is 1. The van der Waals surface area contributed by atoms with Gasteiger partial charge in [0, 0.05) is 25.9 Å². The van der Waals surface area contributed by atoms with Crippen molar-refractivity contribution in [2.24, 2.45) is 7.05 Å². The van der Waals surface area contributed by atoms with Gasteiger partial charge in [-0.1, -0.05) is 6.07 Å². The molecule has 1 amide bonds. The lowest BCUT2D eigenvalue weighted by Gasteiger charge is -2.32. The second-order valence-electron chi connectivity index (χ2n) is 7.72. The first-order valence-corrected chi connectivity index (χ1v) is 9.67. The number of aryl methyl sites for hydroxylation is 2. The van der Waals surface area contributed by atoms with Crippen LogP contribution in [0.4, 0.5) is 0 Å². The van der Waals surface area contributed by atoms with Crippen molar-refractivity contribution in [3.63, 3.8) is 0 Å². The Labute approximate surface area is 171 Å². The summed E-state index contributed by atoms with van der Waals surface area (Å²) >= 11 is 0. The normalized spacial score (nSPS) is 16.1. The molecular formula is C21H20N6O3. The lowest BCUT2D eigenvalue weighted by molar-refractivity contribution is 0.0650. The van der Waals surface area contributed by atoms with Crippen LogP contribution in [0.5, 0.6) is 0 Å². The minimum absolute atomic E-state index is 0.0331. The molecule has 0 saturated carbocycles. The van der Waals surface area contributed by atoms with Gasteiger partial charge in [0.1, 0.15) is 5.58 Å². The quantitative estimate of drug-likeness (QED) is 0.508. The van der Waals surface area contributed by atoms with Gasteiger partial charge in [-0.3, -0.25) is 14.3 Å². The zero-order chi connectivity index (χ0) is 21.0. The molecule has 30 heavy (non-hydrogen) atoms. The summed E-state index contributed by atoms with van der Waals surface area (Å²) < 4.78 is 9.53. The van der Waals surface area contributed by atoms with Crippen molar-refractivity contribution < 1.29 is 9.21 Å². The summed E-state index contributed by atoms with van der Waals surface area (Å²) in [6.07, 6.45) is 3.63. The van der Waals surface area contributed by atoms with Crippen molar-refractivity contribution in [1.82, 2.24) is 29.4 Å². The van der Waals surface area contributed by atoms with Crippen LogP contribution in [0.3, 0.4) is 0 Å². The van der Waals surface area contributed by atoms with Gasteiger partial charge < -0.3 is 13.9 Å². The molecule has 9 heteroatoms. The smallest absolute Gasteiger partial charge is 0.290 e. The van der Waals surface area contributed by atoms with Crippen LogP contribution in [0.2, 0.25) is 0 Å². The van der Waals surface area contributed by atoms with E-state index in [1.54, 1.807) is 27.9 Å². The Bertz CT molecular complexity index is 1350. The summed E-state index contributed by atoms with van der Waals surface area (Å²) in [6.45, 7) is 4.65. The van der Waals surface area contributed by atoms with Crippen molar-refractivity contribution >= 4 is 16.9 Å². The summed E-state index contributed by atoms with van der Waals surface area (Å²) in [7, 11) is 1.85. The Hall–Kier alpha value is -3.75. The highest BCUT2D eigenvalue weighted by atomic mass is 16.3. The van der Waals surface area contributed by atoms with Crippen LogP contribution in [-0.2, 0) is 13.6 Å². The van der Waals surface area contributed by atoms with Gasteiger partial charge in [-0.25, -0.2) is 0 Å². The predicted octanol–water partition coefficient (Wildman–Crippen LogP) is 2.31. The lowest BCUT2D eigenvalue weighted by Crippen LogP contribution is -2.40. The molecule has 0 spiro atoms. The van der Waals surface area contributed by atoms with Gasteiger partial charge in [0.25, 0.3) is 5.91 Å². The second kappa shape index (κ2) is 6.65. The van der Waals surface area contributed by atoms with E-state index in [1.165, 1.54) is 6.07 Å². The molecule has 0 fully saturated rings. The van der Waals surface area contributed by atoms with E-state index in [-0.39, 0.29) is 29.7 Å². The maximum absolute atomic E-state index is 13.1. The van der Waals surface area contributed by atoms with Crippen LogP contribution in [0.1, 0.15) is 34.9 Å². The molecule has 3 aromatic heterocycles. The van der Waals surface area contributed by atoms with Crippen LogP contribution in [-0.4, -0.2) is 41.9 Å². The number of amides is 1. The number of benzene rings is 1. The molecule has 1 aliphatic rings. The van der Waals surface area contributed by atoms with Gasteiger partial charge in [-0.2, -0.15) is 5.10 Å². The zero-order valence-electron chi connectivity index (χ0n) is 16.9. The molecule has 152 valence electrons. The molecular weight excluding hydrogens is 384 g/mol. The Balaban J connectivity index is 1.48. The van der Waals surface area contributed by atoms with Crippen molar-refractivity contribution in [2.75, 3.05) is 6.54 Å². The molecule has 0 saturated heterocycles. The first-order chi connectivity index (χ1) is 14.4. The molecule has 0 N–H and O–H groups in total. The van der Waals surface area contributed by atoms with E-state index >= 15 is 0 Å². The summed E-state index contributed by atoms with van der Waals surface area (Å²) in [6, 6.07) is 6.56. The largest absolute Gasteiger partial charge is 0.451 e. The van der Waals surface area contributed by atoms with E-state index in [0.717, 1.165) is 17.0 Å². The lowest BCUT2D eigenvalue weighted by atomic mass is 10.1. The molecule has 0 bridgehead atoms. The number of carbonyl (C=O) groups is 1. The standard InChI is InChI=1S/C21H20N6O3/c1-12-4-5-15-16(28)7-18(30-17(15)6-12)21(29)26-9-13(2)27-19(11-26)23-24-20(27)14-8-22-25(3)10-14/h4-8,10,13H,9,11H2,1-3H3/t13-/m0/s1. The van der Waals surface area contributed by atoms with Crippen LogP contribution in [0, 0.1) is 6.92 Å². The van der Waals surface area contributed by atoms with Gasteiger partial charge in [-0.05, 0) is 31.5 Å². The summed E-state index contributed by atoms with van der Waals surface area (Å²) in [5, 5.41) is 13.3. The molecule has 9 nitrogen and oxygen atoms in total. The highest BCUT2D eigenvalue weighted by Gasteiger charge is 2.31. The molecule has 1 atom stereocenters. The van der Waals surface area contributed by atoms with E-state index in [2.05, 4.69) is 15.3 Å². The van der Waals surface area contributed by atoms with Crippen molar-refractivity contribution in [3.8, 4) is 11.4 Å². The second-order valence-corrected chi connectivity index (χ2v) is 7.72. The zero-order valence-corrected chi connectivity index (χ0v) is 16.9. The Morgan fingerprint density at radius 1 is 1.23 bits per heavy atom. The number of aromatic nitrogens is 5. The van der Waals surface area contributed by atoms with Crippen molar-refractivity contribution in [2.45, 2.75) is 26.4 Å². The minimum atomic E-state index is -0.334. The monoisotopic (exact) mass is 404 g/mol. The first kappa shape index (κ1) is 18.3. The fourth-order valence-electron chi connectivity index (χ4n) is 3.94. The fourth-order valence-corrected chi connectivity index (χ4v) is 3.94. The number of fused-ring (bicyclic) bond motifs is 2. The SMILES string of the molecule is Cc1ccc2c(=O)cc(C(=O)N3Cc4nnc(-c5cnn(C)c5)n4[C@@H](C)C3)oc2c1. The third-order valence-electron chi connectivity index (χ3n) is 5.37. The van der Waals surface area contributed by atoms with Gasteiger partial charge >= 0.3 is 0 Å². The number of hydrogen-bond acceptors (Lipinski definition) is 6. The summed E-state index contributed by atoms with van der Waals surface area (Å²) in [5.74, 6) is 1.11. The van der Waals surface area contributed by atoms with Gasteiger partial charge in [-0.15, -0.1) is 10.2 Å². The average Bonchev–Trinajstić information content (AvgIpc) is 3.33. The van der Waals surface area contributed by atoms with E-state index in [4.69, 9.17) is 4.42 Å². The van der Waals surface area contributed by atoms with E-state index < -0.39 is 0 Å². The minimum Gasteiger partial charge on any atom is -0.451 e. The third-order valence-corrected chi connectivity index (χ3v) is 5.37. The summed E-state index contributed by atoms with van der Waals surface area (Å²) in [4.78, 5) is 27.2. The molecule has 0 aliphatic carbocycles. The molecule has 5 rings (SSSR count). The first-order valence-electron chi connectivity index (χ1n) is 9.67. The maximum Gasteiger partial charge on any atom is 0.290 e. The Morgan fingerprint density at radius 2 is 2.07 bits per heavy atom. The van der Waals surface area contributed by atoms with Crippen LogP contribution < -0.4 is 5.43 Å². The fraction of sp³-hybridized carbons (Fsp3) is 0.286. The van der Waals surface area contributed by atoms with E-state index in [9.17, 15) is 9.59 Å². The van der Waals surface area contributed by atoms with E-state index in [0.29, 0.717) is 23.3 Å². The molecule has 1 aromatic carbocycles. The Kier molecular flexibility index (Phi) is 4.05. The number of hydrogen-bond donors (Lipinski definition) is 0. The van der Waals surface area contributed by atoms with E-state index in [1.807, 2.05) is 37.7 Å². The Morgan fingerprint density at radius 3 is 2.83 bits per heavy atom. The highest BCUT2D eigenvalue weighted by Crippen LogP contribution is 2.28. The van der Waals surface area contributed by atoms with Crippen LogP contribution in [0.15, 0.2) is 45.9 Å². The maximum atomic E-state index is 13.1. The molecule has 0 radical (unpaired) electrons. The topological polar surface area (TPSA) is 99.1 Å². The highest BCUT2D eigenvalue weighted by molar-refractivity contribution is 5.93. The van der Waals surface area contributed by atoms with Crippen LogP contribution >= 0.6 is 0 Å². The van der Waals surface area contributed by atoms with Gasteiger partial charge in [0.05, 0.1) is 29.7 Å². The summed E-state index contributed by atoms with van der Waals surface area (Å²) in [5.41, 5.74) is 2.02. The van der Waals surface area contributed by atoms with Crippen molar-refractivity contribution in [1.29, 1.82) is 0 Å².